The zero-order chi connectivity index (χ0) is 20.1. The van der Waals surface area contributed by atoms with Gasteiger partial charge in [-0.1, -0.05) is 0 Å². The van der Waals surface area contributed by atoms with E-state index in [0.717, 1.165) is 41.8 Å². The van der Waals surface area contributed by atoms with Gasteiger partial charge in [-0.3, -0.25) is 14.8 Å². The molecule has 3 aromatic heterocycles. The van der Waals surface area contributed by atoms with E-state index in [-0.39, 0.29) is 18.4 Å². The summed E-state index contributed by atoms with van der Waals surface area (Å²) in [6, 6.07) is 7.75. The van der Waals surface area contributed by atoms with Crippen molar-refractivity contribution in [2.45, 2.75) is 18.8 Å². The van der Waals surface area contributed by atoms with Crippen LogP contribution in [0.1, 0.15) is 24.5 Å². The molecule has 0 radical (unpaired) electrons. The van der Waals surface area contributed by atoms with Crippen LogP contribution in [0.15, 0.2) is 55.2 Å². The average Bonchev–Trinajstić information content (AvgIpc) is 2.80. The predicted octanol–water partition coefficient (Wildman–Crippen LogP) is 2.95. The van der Waals surface area contributed by atoms with Crippen molar-refractivity contribution in [3.8, 4) is 22.5 Å². The van der Waals surface area contributed by atoms with Crippen molar-refractivity contribution >= 4 is 5.91 Å². The van der Waals surface area contributed by atoms with E-state index in [1.807, 2.05) is 35.4 Å². The van der Waals surface area contributed by atoms with Gasteiger partial charge in [0.05, 0.1) is 5.69 Å². The number of methoxy groups -OCH3 is 1. The van der Waals surface area contributed by atoms with Crippen LogP contribution in [0.2, 0.25) is 0 Å². The molecule has 1 aliphatic rings. The van der Waals surface area contributed by atoms with Crippen LogP contribution in [0.5, 0.6) is 0 Å². The van der Waals surface area contributed by atoms with E-state index in [1.165, 1.54) is 0 Å². The molecule has 1 aliphatic heterocycles. The molecule has 7 nitrogen and oxygen atoms in total. The molecule has 1 amide bonds. The Labute approximate surface area is 169 Å². The summed E-state index contributed by atoms with van der Waals surface area (Å²) in [5.41, 5.74) is 3.83. The van der Waals surface area contributed by atoms with Gasteiger partial charge in [-0.25, -0.2) is 9.97 Å². The molecule has 4 rings (SSSR count). The molecule has 1 saturated heterocycles. The van der Waals surface area contributed by atoms with Crippen molar-refractivity contribution in [2.24, 2.45) is 0 Å². The Morgan fingerprint density at radius 1 is 1.14 bits per heavy atom. The molecule has 148 valence electrons. The molecule has 4 heterocycles. The molecular weight excluding hydrogens is 366 g/mol. The lowest BCUT2D eigenvalue weighted by atomic mass is 9.90. The molecular formula is C22H23N5O2. The molecule has 0 bridgehead atoms. The predicted molar refractivity (Wildman–Crippen MR) is 109 cm³/mol. The Bertz CT molecular complexity index is 965. The van der Waals surface area contributed by atoms with Gasteiger partial charge >= 0.3 is 0 Å². The maximum Gasteiger partial charge on any atom is 0.248 e. The average molecular weight is 389 g/mol. The number of aromatic nitrogens is 4. The third-order valence-corrected chi connectivity index (χ3v) is 5.16. The van der Waals surface area contributed by atoms with Crippen LogP contribution in [-0.4, -0.2) is 57.5 Å². The van der Waals surface area contributed by atoms with Crippen LogP contribution in [0, 0.1) is 0 Å². The monoisotopic (exact) mass is 389 g/mol. The van der Waals surface area contributed by atoms with Gasteiger partial charge in [0.2, 0.25) is 5.91 Å². The fourth-order valence-electron chi connectivity index (χ4n) is 3.74. The van der Waals surface area contributed by atoms with Gasteiger partial charge in [0.1, 0.15) is 6.61 Å². The second-order valence-electron chi connectivity index (χ2n) is 7.08. The van der Waals surface area contributed by atoms with Crippen LogP contribution in [0.3, 0.4) is 0 Å². The van der Waals surface area contributed by atoms with E-state index in [2.05, 4.69) is 15.0 Å². The number of hydrogen-bond acceptors (Lipinski definition) is 6. The van der Waals surface area contributed by atoms with Crippen molar-refractivity contribution < 1.29 is 9.53 Å². The summed E-state index contributed by atoms with van der Waals surface area (Å²) in [6.07, 6.45) is 10.8. The van der Waals surface area contributed by atoms with Gasteiger partial charge in [-0.15, -0.1) is 0 Å². The molecule has 3 aromatic rings. The third-order valence-electron chi connectivity index (χ3n) is 5.16. The second-order valence-corrected chi connectivity index (χ2v) is 7.08. The number of carbonyl (C=O) groups excluding carboxylic acids is 1. The number of likely N-dealkylation sites (tertiary alicyclic amines) is 1. The van der Waals surface area contributed by atoms with Crippen molar-refractivity contribution in [3.05, 3.63) is 60.9 Å². The topological polar surface area (TPSA) is 81.1 Å². The smallest absolute Gasteiger partial charge is 0.248 e. The standard InChI is InChI=1S/C22H23N5O2/c1-29-15-20(28)27-11-3-5-18(14-27)21-19(16-6-9-23-10-7-16)13-25-22(26-21)17-4-2-8-24-12-17/h2,4,6-10,12-13,18H,3,5,11,14-15H2,1H3. The fraction of sp³-hybridized carbons (Fsp3) is 0.318. The molecule has 0 saturated carbocycles. The molecule has 0 aromatic carbocycles. The minimum Gasteiger partial charge on any atom is -0.375 e. The summed E-state index contributed by atoms with van der Waals surface area (Å²) < 4.78 is 5.04. The molecule has 0 N–H and O–H groups in total. The van der Waals surface area contributed by atoms with Gasteiger partial charge < -0.3 is 9.64 Å². The van der Waals surface area contributed by atoms with Crippen molar-refractivity contribution in [1.82, 2.24) is 24.8 Å². The maximum atomic E-state index is 12.4. The van der Waals surface area contributed by atoms with Crippen LogP contribution in [0.25, 0.3) is 22.5 Å². The highest BCUT2D eigenvalue weighted by Gasteiger charge is 2.28. The van der Waals surface area contributed by atoms with Crippen molar-refractivity contribution in [1.29, 1.82) is 0 Å². The molecule has 1 unspecified atom stereocenters. The van der Waals surface area contributed by atoms with Crippen LogP contribution in [0.4, 0.5) is 0 Å². The Kier molecular flexibility index (Phi) is 5.86. The Balaban J connectivity index is 1.73. The maximum absolute atomic E-state index is 12.4. The Morgan fingerprint density at radius 3 is 2.76 bits per heavy atom. The Morgan fingerprint density at radius 2 is 2.00 bits per heavy atom. The summed E-state index contributed by atoms with van der Waals surface area (Å²) in [5.74, 6) is 0.793. The van der Waals surface area contributed by atoms with E-state index in [9.17, 15) is 4.79 Å². The van der Waals surface area contributed by atoms with Crippen molar-refractivity contribution in [2.75, 3.05) is 26.8 Å². The second kappa shape index (κ2) is 8.87. The third kappa shape index (κ3) is 4.30. The zero-order valence-electron chi connectivity index (χ0n) is 16.4. The van der Waals surface area contributed by atoms with E-state index >= 15 is 0 Å². The lowest BCUT2D eigenvalue weighted by Gasteiger charge is -2.33. The van der Waals surface area contributed by atoms with E-state index in [4.69, 9.17) is 9.72 Å². The number of carbonyl (C=O) groups is 1. The lowest BCUT2D eigenvalue weighted by Crippen LogP contribution is -2.41. The highest BCUT2D eigenvalue weighted by atomic mass is 16.5. The minimum absolute atomic E-state index is 0.0178. The number of pyridine rings is 2. The first-order valence-electron chi connectivity index (χ1n) is 9.70. The number of nitrogens with zero attached hydrogens (tertiary/aromatic N) is 5. The lowest BCUT2D eigenvalue weighted by molar-refractivity contribution is -0.136. The van der Waals surface area contributed by atoms with Crippen LogP contribution >= 0.6 is 0 Å². The quantitative estimate of drug-likeness (QED) is 0.667. The highest BCUT2D eigenvalue weighted by Crippen LogP contribution is 2.34. The Hall–Kier alpha value is -3.19. The molecule has 7 heteroatoms. The highest BCUT2D eigenvalue weighted by molar-refractivity contribution is 5.77. The van der Waals surface area contributed by atoms with Gasteiger partial charge in [-0.05, 0) is 42.7 Å². The number of hydrogen-bond donors (Lipinski definition) is 0. The number of piperidine rings is 1. The summed E-state index contributed by atoms with van der Waals surface area (Å²) >= 11 is 0. The first-order valence-corrected chi connectivity index (χ1v) is 9.70. The normalized spacial score (nSPS) is 16.6. The number of ether oxygens (including phenoxy) is 1. The summed E-state index contributed by atoms with van der Waals surface area (Å²) in [6.45, 7) is 1.49. The molecule has 1 fully saturated rings. The summed E-state index contributed by atoms with van der Waals surface area (Å²) in [4.78, 5) is 32.1. The van der Waals surface area contributed by atoms with Crippen LogP contribution in [-0.2, 0) is 9.53 Å². The van der Waals surface area contributed by atoms with E-state index in [1.54, 1.807) is 31.9 Å². The van der Waals surface area contributed by atoms with Gasteiger partial charge in [0.15, 0.2) is 5.82 Å². The summed E-state index contributed by atoms with van der Waals surface area (Å²) in [7, 11) is 1.55. The zero-order valence-corrected chi connectivity index (χ0v) is 16.4. The van der Waals surface area contributed by atoms with E-state index < -0.39 is 0 Å². The first kappa shape index (κ1) is 19.1. The molecule has 1 atom stereocenters. The van der Waals surface area contributed by atoms with Crippen molar-refractivity contribution in [3.63, 3.8) is 0 Å². The number of amides is 1. The number of rotatable bonds is 5. The van der Waals surface area contributed by atoms with Gasteiger partial charge in [0.25, 0.3) is 0 Å². The molecule has 0 spiro atoms. The van der Waals surface area contributed by atoms with Gasteiger partial charge in [-0.2, -0.15) is 0 Å². The molecule has 0 aliphatic carbocycles. The molecule has 29 heavy (non-hydrogen) atoms. The van der Waals surface area contributed by atoms with Gasteiger partial charge in [0, 0.05) is 68.2 Å². The SMILES string of the molecule is COCC(=O)N1CCCC(c2nc(-c3cccnc3)ncc2-c2ccncc2)C1. The first-order chi connectivity index (χ1) is 14.3. The summed E-state index contributed by atoms with van der Waals surface area (Å²) in [5, 5.41) is 0. The van der Waals surface area contributed by atoms with E-state index in [0.29, 0.717) is 12.4 Å². The largest absolute Gasteiger partial charge is 0.375 e. The fourth-order valence-corrected chi connectivity index (χ4v) is 3.74. The van der Waals surface area contributed by atoms with Crippen LogP contribution < -0.4 is 0 Å². The minimum atomic E-state index is 0.0178.